The molecular weight excluding hydrogens is 257 g/mol. The maximum atomic E-state index is 12.8. The van der Waals surface area contributed by atoms with Crippen LogP contribution in [0.2, 0.25) is 0 Å². The number of rotatable bonds is 5. The summed E-state index contributed by atoms with van der Waals surface area (Å²) in [4.78, 5) is 11.6. The lowest BCUT2D eigenvalue weighted by molar-refractivity contribution is 0.0956. The van der Waals surface area contributed by atoms with Crippen molar-refractivity contribution < 1.29 is 13.9 Å². The van der Waals surface area contributed by atoms with Gasteiger partial charge < -0.3 is 10.1 Å². The monoisotopic (exact) mass is 273 g/mol. The highest BCUT2D eigenvalue weighted by Crippen LogP contribution is 2.14. The number of carbonyl (C=O) groups excluding carboxylic acids is 1. The Morgan fingerprint density at radius 2 is 1.75 bits per heavy atom. The van der Waals surface area contributed by atoms with E-state index in [0.717, 1.165) is 5.56 Å². The molecule has 1 N–H and O–H groups in total. The van der Waals surface area contributed by atoms with Crippen molar-refractivity contribution in [2.75, 3.05) is 6.54 Å². The molecular formula is C16H16FNO2. The van der Waals surface area contributed by atoms with Gasteiger partial charge in [0.05, 0.1) is 0 Å². The van der Waals surface area contributed by atoms with Gasteiger partial charge in [-0.25, -0.2) is 4.39 Å². The van der Waals surface area contributed by atoms with Crippen LogP contribution in [0.15, 0.2) is 48.5 Å². The van der Waals surface area contributed by atoms with Crippen LogP contribution in [0, 0.1) is 5.82 Å². The van der Waals surface area contributed by atoms with E-state index in [4.69, 9.17) is 4.74 Å². The molecule has 0 bridgehead atoms. The van der Waals surface area contributed by atoms with Crippen LogP contribution in [0.5, 0.6) is 5.75 Å². The molecule has 0 aliphatic carbocycles. The standard InChI is InChI=1S/C16H16FNO2/c1-2-18-16(19)13-5-9-15(10-6-13)20-11-12-3-7-14(17)8-4-12/h3-10H,2,11H2,1H3,(H,18,19). The SMILES string of the molecule is CCNC(=O)c1ccc(OCc2ccc(F)cc2)cc1. The predicted molar refractivity (Wildman–Crippen MR) is 75.2 cm³/mol. The molecule has 0 radical (unpaired) electrons. The van der Waals surface area contributed by atoms with E-state index in [9.17, 15) is 9.18 Å². The third-order valence-electron chi connectivity index (χ3n) is 2.77. The van der Waals surface area contributed by atoms with Crippen molar-refractivity contribution in [3.05, 3.63) is 65.5 Å². The van der Waals surface area contributed by atoms with Gasteiger partial charge in [-0.15, -0.1) is 0 Å². The predicted octanol–water partition coefficient (Wildman–Crippen LogP) is 3.15. The van der Waals surface area contributed by atoms with Crippen LogP contribution >= 0.6 is 0 Å². The summed E-state index contributed by atoms with van der Waals surface area (Å²) in [6.07, 6.45) is 0. The summed E-state index contributed by atoms with van der Waals surface area (Å²) >= 11 is 0. The van der Waals surface area contributed by atoms with E-state index in [0.29, 0.717) is 24.5 Å². The van der Waals surface area contributed by atoms with E-state index in [1.165, 1.54) is 12.1 Å². The van der Waals surface area contributed by atoms with Gasteiger partial charge in [0.25, 0.3) is 5.91 Å². The van der Waals surface area contributed by atoms with Gasteiger partial charge in [0, 0.05) is 12.1 Å². The highest BCUT2D eigenvalue weighted by atomic mass is 19.1. The Morgan fingerprint density at radius 1 is 1.10 bits per heavy atom. The zero-order valence-corrected chi connectivity index (χ0v) is 11.2. The average molecular weight is 273 g/mol. The molecule has 0 aromatic heterocycles. The minimum atomic E-state index is -0.264. The summed E-state index contributed by atoms with van der Waals surface area (Å²) in [5, 5.41) is 2.73. The molecule has 0 heterocycles. The molecule has 0 spiro atoms. The first-order valence-corrected chi connectivity index (χ1v) is 6.44. The Morgan fingerprint density at radius 3 is 2.35 bits per heavy atom. The smallest absolute Gasteiger partial charge is 0.251 e. The largest absolute Gasteiger partial charge is 0.489 e. The summed E-state index contributed by atoms with van der Waals surface area (Å²) in [5.74, 6) is 0.306. The van der Waals surface area contributed by atoms with Gasteiger partial charge in [0.2, 0.25) is 0 Å². The summed E-state index contributed by atoms with van der Waals surface area (Å²) < 4.78 is 18.3. The molecule has 2 rings (SSSR count). The number of ether oxygens (including phenoxy) is 1. The molecule has 0 saturated heterocycles. The highest BCUT2D eigenvalue weighted by Gasteiger charge is 2.04. The highest BCUT2D eigenvalue weighted by molar-refractivity contribution is 5.94. The second-order valence-electron chi connectivity index (χ2n) is 4.30. The quantitative estimate of drug-likeness (QED) is 0.908. The van der Waals surface area contributed by atoms with Crippen molar-refractivity contribution in [3.63, 3.8) is 0 Å². The third-order valence-corrected chi connectivity index (χ3v) is 2.77. The van der Waals surface area contributed by atoms with Gasteiger partial charge in [0.1, 0.15) is 18.2 Å². The van der Waals surface area contributed by atoms with Crippen LogP contribution in [-0.4, -0.2) is 12.5 Å². The summed E-state index contributed by atoms with van der Waals surface area (Å²) in [5.41, 5.74) is 1.49. The maximum absolute atomic E-state index is 12.8. The van der Waals surface area contributed by atoms with Crippen LogP contribution < -0.4 is 10.1 Å². The lowest BCUT2D eigenvalue weighted by Gasteiger charge is -2.07. The third kappa shape index (κ3) is 3.82. The summed E-state index contributed by atoms with van der Waals surface area (Å²) in [6.45, 7) is 2.83. The molecule has 0 aliphatic rings. The van der Waals surface area contributed by atoms with Gasteiger partial charge in [-0.2, -0.15) is 0 Å². The van der Waals surface area contributed by atoms with Crippen LogP contribution in [0.25, 0.3) is 0 Å². The van der Waals surface area contributed by atoms with Crippen molar-refractivity contribution in [2.45, 2.75) is 13.5 Å². The van der Waals surface area contributed by atoms with E-state index in [1.54, 1.807) is 36.4 Å². The van der Waals surface area contributed by atoms with E-state index in [2.05, 4.69) is 5.32 Å². The van der Waals surface area contributed by atoms with Crippen molar-refractivity contribution in [2.24, 2.45) is 0 Å². The summed E-state index contributed by atoms with van der Waals surface area (Å²) in [6, 6.07) is 13.1. The van der Waals surface area contributed by atoms with Gasteiger partial charge >= 0.3 is 0 Å². The molecule has 0 unspecified atom stereocenters. The second-order valence-corrected chi connectivity index (χ2v) is 4.30. The molecule has 1 amide bonds. The molecule has 0 atom stereocenters. The van der Waals surface area contributed by atoms with Crippen LogP contribution in [0.3, 0.4) is 0 Å². The summed E-state index contributed by atoms with van der Waals surface area (Å²) in [7, 11) is 0. The number of hydrogen-bond donors (Lipinski definition) is 1. The Bertz CT molecular complexity index is 564. The van der Waals surface area contributed by atoms with Crippen molar-refractivity contribution >= 4 is 5.91 Å². The second kappa shape index (κ2) is 6.70. The van der Waals surface area contributed by atoms with Gasteiger partial charge in [-0.05, 0) is 48.9 Å². The van der Waals surface area contributed by atoms with E-state index in [1.807, 2.05) is 6.92 Å². The first kappa shape index (κ1) is 14.1. The molecule has 2 aromatic carbocycles. The first-order valence-electron chi connectivity index (χ1n) is 6.44. The number of benzene rings is 2. The van der Waals surface area contributed by atoms with Crippen molar-refractivity contribution in [3.8, 4) is 5.75 Å². The Labute approximate surface area is 117 Å². The van der Waals surface area contributed by atoms with Gasteiger partial charge in [0.15, 0.2) is 0 Å². The molecule has 0 aliphatic heterocycles. The first-order chi connectivity index (χ1) is 9.69. The number of hydrogen-bond acceptors (Lipinski definition) is 2. The lowest BCUT2D eigenvalue weighted by Crippen LogP contribution is -2.22. The zero-order chi connectivity index (χ0) is 14.4. The Hall–Kier alpha value is -2.36. The fourth-order valence-electron chi connectivity index (χ4n) is 1.71. The minimum Gasteiger partial charge on any atom is -0.489 e. The zero-order valence-electron chi connectivity index (χ0n) is 11.2. The molecule has 104 valence electrons. The number of nitrogens with one attached hydrogen (secondary N) is 1. The molecule has 4 heteroatoms. The Kier molecular flexibility index (Phi) is 4.71. The van der Waals surface area contributed by atoms with Crippen LogP contribution in [0.1, 0.15) is 22.8 Å². The van der Waals surface area contributed by atoms with Crippen molar-refractivity contribution in [1.29, 1.82) is 0 Å². The number of amides is 1. The fraction of sp³-hybridized carbons (Fsp3) is 0.188. The molecule has 0 fully saturated rings. The number of carbonyl (C=O) groups is 1. The van der Waals surface area contributed by atoms with Gasteiger partial charge in [-0.3, -0.25) is 4.79 Å². The topological polar surface area (TPSA) is 38.3 Å². The minimum absolute atomic E-state index is 0.0995. The average Bonchev–Trinajstić information content (AvgIpc) is 2.47. The van der Waals surface area contributed by atoms with Crippen molar-refractivity contribution in [1.82, 2.24) is 5.32 Å². The normalized spacial score (nSPS) is 10.1. The lowest BCUT2D eigenvalue weighted by atomic mass is 10.2. The molecule has 20 heavy (non-hydrogen) atoms. The molecule has 0 saturated carbocycles. The molecule has 2 aromatic rings. The number of halogens is 1. The van der Waals surface area contributed by atoms with Gasteiger partial charge in [-0.1, -0.05) is 12.1 Å². The van der Waals surface area contributed by atoms with E-state index in [-0.39, 0.29) is 11.7 Å². The maximum Gasteiger partial charge on any atom is 0.251 e. The van der Waals surface area contributed by atoms with E-state index >= 15 is 0 Å². The van der Waals surface area contributed by atoms with Crippen LogP contribution in [0.4, 0.5) is 4.39 Å². The van der Waals surface area contributed by atoms with Crippen LogP contribution in [-0.2, 0) is 6.61 Å². The fourth-order valence-corrected chi connectivity index (χ4v) is 1.71. The van der Waals surface area contributed by atoms with E-state index < -0.39 is 0 Å². The molecule has 3 nitrogen and oxygen atoms in total. The Balaban J connectivity index is 1.93.